The van der Waals surface area contributed by atoms with Gasteiger partial charge in [-0.1, -0.05) is 11.6 Å². The van der Waals surface area contributed by atoms with Crippen molar-refractivity contribution in [3.8, 4) is 11.1 Å². The number of nitrogens with zero attached hydrogens (tertiary/aromatic N) is 3. The molecule has 1 aliphatic heterocycles. The van der Waals surface area contributed by atoms with Crippen LogP contribution in [0.4, 0.5) is 15.9 Å². The zero-order chi connectivity index (χ0) is 21.9. The van der Waals surface area contributed by atoms with E-state index in [2.05, 4.69) is 15.3 Å². The number of nitrogen functional groups attached to an aromatic ring is 1. The minimum absolute atomic E-state index is 0.0864. The second-order valence-electron chi connectivity index (χ2n) is 8.35. The Kier molecular flexibility index (Phi) is 4.41. The number of hydrogen-bond acceptors (Lipinski definition) is 5. The van der Waals surface area contributed by atoms with Gasteiger partial charge in [-0.15, -0.1) is 0 Å². The van der Waals surface area contributed by atoms with E-state index in [-0.39, 0.29) is 22.2 Å². The summed E-state index contributed by atoms with van der Waals surface area (Å²) in [6.07, 6.45) is 6.05. The monoisotopic (exact) mass is 437 g/mol. The Hall–Kier alpha value is -3.19. The molecule has 1 saturated carbocycles. The van der Waals surface area contributed by atoms with Gasteiger partial charge >= 0.3 is 0 Å². The van der Waals surface area contributed by atoms with Crippen LogP contribution < -0.4 is 11.1 Å². The van der Waals surface area contributed by atoms with Gasteiger partial charge < -0.3 is 16.0 Å². The predicted octanol–water partition coefficient (Wildman–Crippen LogP) is 4.07. The highest BCUT2D eigenvalue weighted by Crippen LogP contribution is 2.66. The molecule has 1 aliphatic carbocycles. The molecule has 5 rings (SSSR count). The maximum Gasteiger partial charge on any atom is 0.258 e. The highest BCUT2D eigenvalue weighted by Gasteiger charge is 2.60. The van der Waals surface area contributed by atoms with Crippen LogP contribution in [0.15, 0.2) is 42.9 Å². The summed E-state index contributed by atoms with van der Waals surface area (Å²) < 4.78 is 15.5. The number of hydrogen-bond donors (Lipinski definition) is 2. The SMILES string of the molecule is CN(C)C(=O)c1c(N)ccc(-c2cnc3c(c2Cl)[C@@]2(CN3)C[C@H]2c2ccncc2)c1F. The molecule has 6 nitrogen and oxygen atoms in total. The number of fused-ring (bicyclic) bond motifs is 2. The summed E-state index contributed by atoms with van der Waals surface area (Å²) in [6.45, 7) is 0.722. The van der Waals surface area contributed by atoms with Crippen LogP contribution in [0.3, 0.4) is 0 Å². The van der Waals surface area contributed by atoms with Crippen molar-refractivity contribution < 1.29 is 9.18 Å². The van der Waals surface area contributed by atoms with Crippen LogP contribution >= 0.6 is 11.6 Å². The molecule has 8 heteroatoms. The van der Waals surface area contributed by atoms with E-state index in [4.69, 9.17) is 17.3 Å². The third-order valence-electron chi connectivity index (χ3n) is 6.35. The number of pyridine rings is 2. The third-order valence-corrected chi connectivity index (χ3v) is 6.75. The maximum atomic E-state index is 15.5. The summed E-state index contributed by atoms with van der Waals surface area (Å²) in [7, 11) is 3.11. The molecule has 2 aromatic heterocycles. The van der Waals surface area contributed by atoms with Gasteiger partial charge in [0.1, 0.15) is 11.6 Å². The first-order valence-electron chi connectivity index (χ1n) is 9.98. The summed E-state index contributed by atoms with van der Waals surface area (Å²) in [5, 5.41) is 3.81. The molecule has 1 spiro atoms. The fourth-order valence-corrected chi connectivity index (χ4v) is 5.07. The van der Waals surface area contributed by atoms with Crippen molar-refractivity contribution in [1.29, 1.82) is 0 Å². The van der Waals surface area contributed by atoms with E-state index in [1.54, 1.807) is 38.8 Å². The Morgan fingerprint density at radius 1 is 1.26 bits per heavy atom. The zero-order valence-corrected chi connectivity index (χ0v) is 17.9. The highest BCUT2D eigenvalue weighted by atomic mass is 35.5. The lowest BCUT2D eigenvalue weighted by atomic mass is 9.91. The standard InChI is InChI=1S/C23H21ClFN5O/c1-30(2)22(31)17-16(26)4-3-13(20(17)25)14-10-28-21-18(19(14)24)23(11-29-21)9-15(23)12-5-7-27-8-6-12/h3-8,10,15H,9,11,26H2,1-2H3,(H,28,29)/t15-,23+/m0/s1. The van der Waals surface area contributed by atoms with Gasteiger partial charge in [0, 0.05) is 67.0 Å². The van der Waals surface area contributed by atoms with E-state index in [9.17, 15) is 4.79 Å². The number of amides is 1. The number of nitrogens with two attached hydrogens (primary N) is 1. The quantitative estimate of drug-likeness (QED) is 0.603. The largest absolute Gasteiger partial charge is 0.398 e. The second kappa shape index (κ2) is 6.92. The van der Waals surface area contributed by atoms with Crippen molar-refractivity contribution >= 4 is 29.0 Å². The van der Waals surface area contributed by atoms with Crippen LogP contribution in [0.25, 0.3) is 11.1 Å². The molecule has 3 aromatic rings. The molecule has 1 fully saturated rings. The molecule has 0 bridgehead atoms. The summed E-state index contributed by atoms with van der Waals surface area (Å²) in [5.74, 6) is -0.171. The molecule has 2 atom stereocenters. The summed E-state index contributed by atoms with van der Waals surface area (Å²) in [6, 6.07) is 7.11. The fraction of sp³-hybridized carbons (Fsp3) is 0.261. The van der Waals surface area contributed by atoms with E-state index < -0.39 is 11.7 Å². The fourth-order valence-electron chi connectivity index (χ4n) is 4.64. The van der Waals surface area contributed by atoms with Crippen molar-refractivity contribution in [2.75, 3.05) is 31.7 Å². The molecule has 0 radical (unpaired) electrons. The Balaban J connectivity index is 1.62. The maximum absolute atomic E-state index is 15.5. The smallest absolute Gasteiger partial charge is 0.258 e. The van der Waals surface area contributed by atoms with Crippen molar-refractivity contribution in [3.05, 3.63) is 70.4 Å². The highest BCUT2D eigenvalue weighted by molar-refractivity contribution is 6.34. The first-order chi connectivity index (χ1) is 14.8. The first-order valence-corrected chi connectivity index (χ1v) is 10.4. The summed E-state index contributed by atoms with van der Waals surface area (Å²) in [4.78, 5) is 22.4. The van der Waals surface area contributed by atoms with Crippen LogP contribution in [-0.2, 0) is 5.41 Å². The number of halogens is 2. The minimum atomic E-state index is -0.691. The lowest BCUT2D eigenvalue weighted by Gasteiger charge is -2.17. The van der Waals surface area contributed by atoms with E-state index >= 15 is 4.39 Å². The normalized spacial score (nSPS) is 21.0. The van der Waals surface area contributed by atoms with Gasteiger partial charge in [0.2, 0.25) is 0 Å². The van der Waals surface area contributed by atoms with Gasteiger partial charge in [-0.05, 0) is 42.2 Å². The van der Waals surface area contributed by atoms with Crippen molar-refractivity contribution in [1.82, 2.24) is 14.9 Å². The van der Waals surface area contributed by atoms with Crippen LogP contribution in [0.2, 0.25) is 5.02 Å². The van der Waals surface area contributed by atoms with Crippen LogP contribution in [0, 0.1) is 5.82 Å². The summed E-state index contributed by atoms with van der Waals surface area (Å²) in [5.41, 5.74) is 8.44. The van der Waals surface area contributed by atoms with Crippen molar-refractivity contribution in [3.63, 3.8) is 0 Å². The van der Waals surface area contributed by atoms with Gasteiger partial charge in [-0.25, -0.2) is 9.37 Å². The lowest BCUT2D eigenvalue weighted by Crippen LogP contribution is -2.24. The molecule has 3 N–H and O–H groups in total. The Morgan fingerprint density at radius 2 is 2.00 bits per heavy atom. The molecule has 2 aliphatic rings. The number of nitrogens with one attached hydrogen (secondary N) is 1. The van der Waals surface area contributed by atoms with Gasteiger partial charge in [-0.2, -0.15) is 0 Å². The lowest BCUT2D eigenvalue weighted by molar-refractivity contribution is 0.0824. The molecular weight excluding hydrogens is 417 g/mol. The van der Waals surface area contributed by atoms with Crippen LogP contribution in [0.1, 0.15) is 33.8 Å². The van der Waals surface area contributed by atoms with Gasteiger partial charge in [-0.3, -0.25) is 9.78 Å². The van der Waals surface area contributed by atoms with Gasteiger partial charge in [0.05, 0.1) is 10.6 Å². The Bertz CT molecular complexity index is 1220. The molecule has 1 amide bonds. The Labute approximate surface area is 184 Å². The Morgan fingerprint density at radius 3 is 2.71 bits per heavy atom. The third kappa shape index (κ3) is 2.87. The van der Waals surface area contributed by atoms with E-state index in [0.717, 1.165) is 24.3 Å². The van der Waals surface area contributed by atoms with Gasteiger partial charge in [0.15, 0.2) is 0 Å². The average Bonchev–Trinajstić information content (AvgIpc) is 3.36. The predicted molar refractivity (Wildman–Crippen MR) is 119 cm³/mol. The zero-order valence-electron chi connectivity index (χ0n) is 17.1. The van der Waals surface area contributed by atoms with Crippen molar-refractivity contribution in [2.45, 2.75) is 17.8 Å². The molecule has 3 heterocycles. The van der Waals surface area contributed by atoms with E-state index in [1.807, 2.05) is 12.1 Å². The number of rotatable bonds is 3. The van der Waals surface area contributed by atoms with Gasteiger partial charge in [0.25, 0.3) is 5.91 Å². The number of anilines is 2. The topological polar surface area (TPSA) is 84.1 Å². The van der Waals surface area contributed by atoms with E-state index in [1.165, 1.54) is 16.5 Å². The molecule has 158 valence electrons. The molecule has 0 saturated heterocycles. The number of carbonyl (C=O) groups excluding carboxylic acids is 1. The molecule has 0 unspecified atom stereocenters. The molecular formula is C23H21ClFN5O. The minimum Gasteiger partial charge on any atom is -0.398 e. The number of aromatic nitrogens is 2. The summed E-state index contributed by atoms with van der Waals surface area (Å²) >= 11 is 6.89. The first kappa shape index (κ1) is 19.8. The average molecular weight is 438 g/mol. The number of carbonyl (C=O) groups is 1. The van der Waals surface area contributed by atoms with Crippen LogP contribution in [-0.4, -0.2) is 41.4 Å². The van der Waals surface area contributed by atoms with E-state index in [0.29, 0.717) is 16.5 Å². The second-order valence-corrected chi connectivity index (χ2v) is 8.73. The number of benzene rings is 1. The van der Waals surface area contributed by atoms with Crippen LogP contribution in [0.5, 0.6) is 0 Å². The van der Waals surface area contributed by atoms with Crippen molar-refractivity contribution in [2.24, 2.45) is 0 Å². The molecule has 31 heavy (non-hydrogen) atoms. The molecule has 1 aromatic carbocycles.